The van der Waals surface area contributed by atoms with Crippen LogP contribution in [0.25, 0.3) is 0 Å². The Labute approximate surface area is 118 Å². The molecule has 0 radical (unpaired) electrons. The summed E-state index contributed by atoms with van der Waals surface area (Å²) in [5.41, 5.74) is 0.528. The molecule has 0 bridgehead atoms. The fourth-order valence-electron chi connectivity index (χ4n) is 1.37. The number of benzene rings is 1. The van der Waals surface area contributed by atoms with Crippen LogP contribution in [0.4, 0.5) is 5.69 Å². The fraction of sp³-hybridized carbons (Fsp3) is 0.364. The molecule has 1 rings (SSSR count). The highest BCUT2D eigenvalue weighted by molar-refractivity contribution is 9.10. The molecule has 0 aliphatic heterocycles. The predicted molar refractivity (Wildman–Crippen MR) is 74.1 cm³/mol. The first-order valence-electron chi connectivity index (χ1n) is 5.10. The Morgan fingerprint density at radius 2 is 2.12 bits per heavy atom. The number of carbonyl (C=O) groups is 1. The van der Waals surface area contributed by atoms with E-state index in [0.29, 0.717) is 26.6 Å². The Hall–Kier alpha value is -0.450. The minimum Gasteiger partial charge on any atom is -0.480 e. The van der Waals surface area contributed by atoms with Gasteiger partial charge in [0.1, 0.15) is 6.04 Å². The van der Waals surface area contributed by atoms with E-state index in [0.717, 1.165) is 6.42 Å². The highest BCUT2D eigenvalue weighted by Crippen LogP contribution is 2.36. The highest BCUT2D eigenvalue weighted by Gasteiger charge is 2.18. The van der Waals surface area contributed by atoms with Gasteiger partial charge in [0, 0.05) is 4.47 Å². The number of nitrogens with one attached hydrogen (secondary N) is 1. The summed E-state index contributed by atoms with van der Waals surface area (Å²) in [5.74, 6) is -0.901. The van der Waals surface area contributed by atoms with Gasteiger partial charge in [0.2, 0.25) is 0 Å². The predicted octanol–water partition coefficient (Wildman–Crippen LogP) is 4.42. The van der Waals surface area contributed by atoms with E-state index in [1.54, 1.807) is 12.1 Å². The Kier molecular flexibility index (Phi) is 5.56. The third-order valence-electron chi connectivity index (χ3n) is 2.24. The van der Waals surface area contributed by atoms with E-state index in [1.165, 1.54) is 0 Å². The zero-order chi connectivity index (χ0) is 13.0. The molecule has 0 amide bonds. The molecule has 1 aromatic carbocycles. The lowest BCUT2D eigenvalue weighted by molar-refractivity contribution is -0.138. The van der Waals surface area contributed by atoms with Crippen molar-refractivity contribution in [2.75, 3.05) is 5.32 Å². The summed E-state index contributed by atoms with van der Waals surface area (Å²) in [7, 11) is 0. The topological polar surface area (TPSA) is 49.3 Å². The van der Waals surface area contributed by atoms with Gasteiger partial charge in [-0.1, -0.05) is 36.5 Å². The SMILES string of the molecule is CCCC(Nc1ccc(Br)c(Cl)c1Cl)C(=O)O. The number of aliphatic carboxylic acids is 1. The summed E-state index contributed by atoms with van der Waals surface area (Å²) in [4.78, 5) is 11.0. The van der Waals surface area contributed by atoms with Crippen LogP contribution in [-0.2, 0) is 4.79 Å². The molecule has 0 fully saturated rings. The van der Waals surface area contributed by atoms with Crippen LogP contribution in [0.1, 0.15) is 19.8 Å². The van der Waals surface area contributed by atoms with Crippen molar-refractivity contribution in [1.29, 1.82) is 0 Å². The van der Waals surface area contributed by atoms with E-state index >= 15 is 0 Å². The van der Waals surface area contributed by atoms with Gasteiger partial charge in [0.25, 0.3) is 0 Å². The van der Waals surface area contributed by atoms with Crippen LogP contribution in [-0.4, -0.2) is 17.1 Å². The monoisotopic (exact) mass is 339 g/mol. The fourth-order valence-corrected chi connectivity index (χ4v) is 2.20. The van der Waals surface area contributed by atoms with Gasteiger partial charge in [-0.3, -0.25) is 0 Å². The first kappa shape index (κ1) is 14.6. The summed E-state index contributed by atoms with van der Waals surface area (Å²) < 4.78 is 0.678. The summed E-state index contributed by atoms with van der Waals surface area (Å²) in [6, 6.07) is 2.76. The maximum atomic E-state index is 11.0. The molecule has 0 saturated carbocycles. The standard InChI is InChI=1S/C11H12BrCl2NO2/c1-2-3-8(11(16)17)15-7-5-4-6(12)9(13)10(7)14/h4-5,8,15H,2-3H2,1H3,(H,16,17). The molecule has 6 heteroatoms. The molecule has 0 aliphatic carbocycles. The molecule has 94 valence electrons. The lowest BCUT2D eigenvalue weighted by atomic mass is 10.1. The van der Waals surface area contributed by atoms with Crippen LogP contribution < -0.4 is 5.32 Å². The van der Waals surface area contributed by atoms with Gasteiger partial charge in [-0.05, 0) is 34.5 Å². The molecule has 3 nitrogen and oxygen atoms in total. The smallest absolute Gasteiger partial charge is 0.326 e. The van der Waals surface area contributed by atoms with Crippen molar-refractivity contribution in [2.24, 2.45) is 0 Å². The molecule has 0 spiro atoms. The largest absolute Gasteiger partial charge is 0.480 e. The Morgan fingerprint density at radius 3 is 2.65 bits per heavy atom. The third kappa shape index (κ3) is 3.76. The number of anilines is 1. The van der Waals surface area contributed by atoms with Crippen LogP contribution in [0.5, 0.6) is 0 Å². The molecule has 0 aliphatic rings. The normalized spacial score (nSPS) is 12.2. The van der Waals surface area contributed by atoms with Crippen LogP contribution in [0.15, 0.2) is 16.6 Å². The van der Waals surface area contributed by atoms with Gasteiger partial charge >= 0.3 is 5.97 Å². The molecule has 17 heavy (non-hydrogen) atoms. The van der Waals surface area contributed by atoms with Crippen molar-refractivity contribution in [1.82, 2.24) is 0 Å². The van der Waals surface area contributed by atoms with Crippen molar-refractivity contribution >= 4 is 50.8 Å². The van der Waals surface area contributed by atoms with E-state index in [2.05, 4.69) is 21.2 Å². The average molecular weight is 341 g/mol. The second-order valence-electron chi connectivity index (χ2n) is 3.55. The number of carboxylic acids is 1. The van der Waals surface area contributed by atoms with Gasteiger partial charge in [-0.25, -0.2) is 4.79 Å². The average Bonchev–Trinajstić information content (AvgIpc) is 2.28. The molecular weight excluding hydrogens is 329 g/mol. The van der Waals surface area contributed by atoms with E-state index in [1.807, 2.05) is 6.92 Å². The number of halogens is 3. The van der Waals surface area contributed by atoms with E-state index < -0.39 is 12.0 Å². The molecule has 2 N–H and O–H groups in total. The van der Waals surface area contributed by atoms with Crippen molar-refractivity contribution in [3.8, 4) is 0 Å². The maximum absolute atomic E-state index is 11.0. The van der Waals surface area contributed by atoms with Crippen molar-refractivity contribution < 1.29 is 9.90 Å². The minimum atomic E-state index is -0.901. The Bertz CT molecular complexity index is 426. The van der Waals surface area contributed by atoms with Gasteiger partial charge in [0.05, 0.1) is 15.7 Å². The van der Waals surface area contributed by atoms with Gasteiger partial charge in [-0.2, -0.15) is 0 Å². The van der Waals surface area contributed by atoms with E-state index in [-0.39, 0.29) is 0 Å². The highest BCUT2D eigenvalue weighted by atomic mass is 79.9. The van der Waals surface area contributed by atoms with Gasteiger partial charge < -0.3 is 10.4 Å². The van der Waals surface area contributed by atoms with Crippen molar-refractivity contribution in [2.45, 2.75) is 25.8 Å². The van der Waals surface area contributed by atoms with Crippen molar-refractivity contribution in [3.05, 3.63) is 26.7 Å². The van der Waals surface area contributed by atoms with E-state index in [4.69, 9.17) is 28.3 Å². The number of hydrogen-bond acceptors (Lipinski definition) is 2. The summed E-state index contributed by atoms with van der Waals surface area (Å²) in [5, 5.41) is 12.6. The van der Waals surface area contributed by atoms with Crippen molar-refractivity contribution in [3.63, 3.8) is 0 Å². The maximum Gasteiger partial charge on any atom is 0.326 e. The van der Waals surface area contributed by atoms with E-state index in [9.17, 15) is 4.79 Å². The molecule has 0 heterocycles. The summed E-state index contributed by atoms with van der Waals surface area (Å²) in [6.07, 6.45) is 1.30. The van der Waals surface area contributed by atoms with Gasteiger partial charge in [0.15, 0.2) is 0 Å². The second kappa shape index (κ2) is 6.47. The second-order valence-corrected chi connectivity index (χ2v) is 5.16. The number of rotatable bonds is 5. The summed E-state index contributed by atoms with van der Waals surface area (Å²) >= 11 is 15.2. The molecular formula is C11H12BrCl2NO2. The lowest BCUT2D eigenvalue weighted by Gasteiger charge is -2.16. The van der Waals surface area contributed by atoms with Crippen LogP contribution in [0.3, 0.4) is 0 Å². The number of carboxylic acid groups (broad SMARTS) is 1. The van der Waals surface area contributed by atoms with Gasteiger partial charge in [-0.15, -0.1) is 0 Å². The van der Waals surface area contributed by atoms with Crippen LogP contribution >= 0.6 is 39.1 Å². The zero-order valence-electron chi connectivity index (χ0n) is 9.14. The third-order valence-corrected chi connectivity index (χ3v) is 4.01. The molecule has 1 atom stereocenters. The molecule has 0 aromatic heterocycles. The first-order chi connectivity index (χ1) is 7.97. The molecule has 0 saturated heterocycles. The first-order valence-corrected chi connectivity index (χ1v) is 6.65. The molecule has 1 aromatic rings. The summed E-state index contributed by atoms with van der Waals surface area (Å²) in [6.45, 7) is 1.92. The Morgan fingerprint density at radius 1 is 1.47 bits per heavy atom. The molecule has 1 unspecified atom stereocenters. The number of hydrogen-bond donors (Lipinski definition) is 2. The Balaban J connectivity index is 2.94. The zero-order valence-corrected chi connectivity index (χ0v) is 12.2. The van der Waals surface area contributed by atoms with Crippen LogP contribution in [0, 0.1) is 0 Å². The lowest BCUT2D eigenvalue weighted by Crippen LogP contribution is -2.29. The van der Waals surface area contributed by atoms with Crippen LogP contribution in [0.2, 0.25) is 10.0 Å². The minimum absolute atomic E-state index is 0.323. The quantitative estimate of drug-likeness (QED) is 0.780.